The number of thiophene rings is 1. The molecule has 0 bridgehead atoms. The van der Waals surface area contributed by atoms with Crippen LogP contribution in [0.3, 0.4) is 0 Å². The minimum atomic E-state index is 0.199. The van der Waals surface area contributed by atoms with Crippen molar-refractivity contribution in [2.75, 3.05) is 26.7 Å². The predicted octanol–water partition coefficient (Wildman–Crippen LogP) is 2.81. The van der Waals surface area contributed by atoms with Gasteiger partial charge in [0.25, 0.3) is 0 Å². The second kappa shape index (κ2) is 7.13. The van der Waals surface area contributed by atoms with Crippen LogP contribution in [0.5, 0.6) is 0 Å². The van der Waals surface area contributed by atoms with Crippen LogP contribution in [0.25, 0.3) is 0 Å². The first-order valence-corrected chi connectivity index (χ1v) is 7.43. The fourth-order valence-electron chi connectivity index (χ4n) is 1.65. The van der Waals surface area contributed by atoms with E-state index in [1.54, 1.807) is 11.3 Å². The van der Waals surface area contributed by atoms with E-state index < -0.39 is 0 Å². The number of amides is 1. The maximum absolute atomic E-state index is 11.9. The van der Waals surface area contributed by atoms with Gasteiger partial charge in [0.05, 0.1) is 6.54 Å². The van der Waals surface area contributed by atoms with E-state index in [2.05, 4.69) is 26.2 Å². The van der Waals surface area contributed by atoms with E-state index in [0.717, 1.165) is 24.1 Å². The van der Waals surface area contributed by atoms with Crippen molar-refractivity contribution < 1.29 is 4.79 Å². The Morgan fingerprint density at radius 2 is 2.06 bits per heavy atom. The molecule has 1 rings (SSSR count). The molecule has 5 heteroatoms. The van der Waals surface area contributed by atoms with Crippen LogP contribution >= 0.6 is 27.3 Å². The normalized spacial score (nSPS) is 10.9. The Morgan fingerprint density at radius 3 is 2.53 bits per heavy atom. The van der Waals surface area contributed by atoms with Crippen molar-refractivity contribution in [3.8, 4) is 0 Å². The highest BCUT2D eigenvalue weighted by molar-refractivity contribution is 9.10. The molecule has 0 aliphatic carbocycles. The van der Waals surface area contributed by atoms with Crippen molar-refractivity contribution in [3.63, 3.8) is 0 Å². The van der Waals surface area contributed by atoms with Crippen molar-refractivity contribution in [3.05, 3.63) is 20.8 Å². The number of halogens is 1. The molecule has 0 aromatic carbocycles. The van der Waals surface area contributed by atoms with Crippen LogP contribution in [0.2, 0.25) is 0 Å². The fraction of sp³-hybridized carbons (Fsp3) is 0.583. The molecule has 0 unspecified atom stereocenters. The number of nitrogens with zero attached hydrogens (tertiary/aromatic N) is 2. The smallest absolute Gasteiger partial charge is 0.236 e. The van der Waals surface area contributed by atoms with Gasteiger partial charge in [0.15, 0.2) is 0 Å². The molecule has 1 amide bonds. The summed E-state index contributed by atoms with van der Waals surface area (Å²) < 4.78 is 1.13. The van der Waals surface area contributed by atoms with Crippen molar-refractivity contribution in [1.82, 2.24) is 9.80 Å². The van der Waals surface area contributed by atoms with Gasteiger partial charge < -0.3 is 4.90 Å². The van der Waals surface area contributed by atoms with Crippen molar-refractivity contribution >= 4 is 33.2 Å². The predicted molar refractivity (Wildman–Crippen MR) is 76.3 cm³/mol. The van der Waals surface area contributed by atoms with E-state index in [9.17, 15) is 4.79 Å². The van der Waals surface area contributed by atoms with Crippen molar-refractivity contribution in [2.45, 2.75) is 20.4 Å². The molecule has 1 aromatic heterocycles. The van der Waals surface area contributed by atoms with Gasteiger partial charge in [0, 0.05) is 29.0 Å². The number of hydrogen-bond donors (Lipinski definition) is 0. The molecule has 0 saturated heterocycles. The van der Waals surface area contributed by atoms with E-state index in [1.165, 1.54) is 4.88 Å². The quantitative estimate of drug-likeness (QED) is 0.805. The van der Waals surface area contributed by atoms with E-state index in [4.69, 9.17) is 0 Å². The number of rotatable bonds is 6. The lowest BCUT2D eigenvalue weighted by Gasteiger charge is -2.22. The van der Waals surface area contributed by atoms with Crippen LogP contribution in [-0.2, 0) is 11.3 Å². The Balaban J connectivity index is 2.47. The zero-order chi connectivity index (χ0) is 12.8. The molecule has 0 aliphatic rings. The van der Waals surface area contributed by atoms with Gasteiger partial charge in [0.1, 0.15) is 0 Å². The minimum Gasteiger partial charge on any atom is -0.342 e. The lowest BCUT2D eigenvalue weighted by molar-refractivity contribution is -0.131. The Kier molecular flexibility index (Phi) is 6.16. The van der Waals surface area contributed by atoms with Gasteiger partial charge in [0.2, 0.25) is 5.91 Å². The lowest BCUT2D eigenvalue weighted by Crippen LogP contribution is -2.38. The molecule has 0 saturated carbocycles. The van der Waals surface area contributed by atoms with Crippen molar-refractivity contribution in [2.24, 2.45) is 0 Å². The fourth-order valence-corrected chi connectivity index (χ4v) is 3.20. The van der Waals surface area contributed by atoms with Crippen LogP contribution in [-0.4, -0.2) is 42.4 Å². The monoisotopic (exact) mass is 318 g/mol. The molecular weight excluding hydrogens is 300 g/mol. The summed E-state index contributed by atoms with van der Waals surface area (Å²) in [6, 6.07) is 2.04. The average molecular weight is 319 g/mol. The van der Waals surface area contributed by atoms with E-state index in [-0.39, 0.29) is 5.91 Å². The third-order valence-electron chi connectivity index (χ3n) is 2.63. The molecular formula is C12H19BrN2OS. The summed E-state index contributed by atoms with van der Waals surface area (Å²) in [5.41, 5.74) is 0. The zero-order valence-electron chi connectivity index (χ0n) is 10.6. The molecule has 3 nitrogen and oxygen atoms in total. The van der Waals surface area contributed by atoms with Crippen LogP contribution in [0.1, 0.15) is 18.7 Å². The van der Waals surface area contributed by atoms with Crippen LogP contribution < -0.4 is 0 Å². The molecule has 0 aliphatic heterocycles. The highest BCUT2D eigenvalue weighted by Gasteiger charge is 2.13. The van der Waals surface area contributed by atoms with E-state index in [0.29, 0.717) is 6.54 Å². The number of carbonyl (C=O) groups is 1. The third kappa shape index (κ3) is 4.41. The minimum absolute atomic E-state index is 0.199. The molecule has 1 aromatic rings. The number of carbonyl (C=O) groups excluding carboxylic acids is 1. The van der Waals surface area contributed by atoms with Crippen LogP contribution in [0.4, 0.5) is 0 Å². The van der Waals surface area contributed by atoms with Gasteiger partial charge in [-0.3, -0.25) is 9.69 Å². The molecule has 0 radical (unpaired) electrons. The Hall–Kier alpha value is -0.390. The van der Waals surface area contributed by atoms with Crippen LogP contribution in [0.15, 0.2) is 15.9 Å². The largest absolute Gasteiger partial charge is 0.342 e. The summed E-state index contributed by atoms with van der Waals surface area (Å²) in [5.74, 6) is 0.199. The van der Waals surface area contributed by atoms with Gasteiger partial charge in [-0.2, -0.15) is 0 Å². The first-order chi connectivity index (χ1) is 8.08. The molecule has 1 heterocycles. The second-order valence-electron chi connectivity index (χ2n) is 3.93. The zero-order valence-corrected chi connectivity index (χ0v) is 13.0. The average Bonchev–Trinajstić information content (AvgIpc) is 2.66. The van der Waals surface area contributed by atoms with E-state index in [1.807, 2.05) is 31.9 Å². The topological polar surface area (TPSA) is 23.6 Å². The molecule has 17 heavy (non-hydrogen) atoms. The maximum atomic E-state index is 11.9. The summed E-state index contributed by atoms with van der Waals surface area (Å²) >= 11 is 5.22. The Bertz CT molecular complexity index is 363. The molecule has 0 N–H and O–H groups in total. The highest BCUT2D eigenvalue weighted by atomic mass is 79.9. The van der Waals surface area contributed by atoms with Gasteiger partial charge in [-0.15, -0.1) is 11.3 Å². The van der Waals surface area contributed by atoms with Crippen molar-refractivity contribution in [1.29, 1.82) is 0 Å². The summed E-state index contributed by atoms with van der Waals surface area (Å²) in [4.78, 5) is 17.1. The Labute approximate surface area is 116 Å². The number of hydrogen-bond acceptors (Lipinski definition) is 3. The molecule has 0 atom stereocenters. The lowest BCUT2D eigenvalue weighted by atomic mass is 10.4. The van der Waals surface area contributed by atoms with Gasteiger partial charge >= 0.3 is 0 Å². The highest BCUT2D eigenvalue weighted by Crippen LogP contribution is 2.23. The third-order valence-corrected chi connectivity index (χ3v) is 4.54. The summed E-state index contributed by atoms with van der Waals surface area (Å²) in [6.45, 7) is 6.88. The SMILES string of the molecule is CCN(CC)C(=O)CN(C)Cc1sccc1Br. The standard InChI is InChI=1S/C12H19BrN2OS/c1-4-15(5-2)12(16)9-14(3)8-11-10(13)6-7-17-11/h6-7H,4-5,8-9H2,1-3H3. The molecule has 0 fully saturated rings. The van der Waals surface area contributed by atoms with Gasteiger partial charge in [-0.1, -0.05) is 0 Å². The Morgan fingerprint density at radius 1 is 1.41 bits per heavy atom. The summed E-state index contributed by atoms with van der Waals surface area (Å²) in [5, 5.41) is 2.06. The summed E-state index contributed by atoms with van der Waals surface area (Å²) in [6.07, 6.45) is 0. The molecule has 0 spiro atoms. The maximum Gasteiger partial charge on any atom is 0.236 e. The van der Waals surface area contributed by atoms with Gasteiger partial charge in [-0.25, -0.2) is 0 Å². The summed E-state index contributed by atoms with van der Waals surface area (Å²) in [7, 11) is 1.98. The first kappa shape index (κ1) is 14.7. The van der Waals surface area contributed by atoms with E-state index >= 15 is 0 Å². The molecule has 96 valence electrons. The number of likely N-dealkylation sites (N-methyl/N-ethyl adjacent to an activating group) is 2. The second-order valence-corrected chi connectivity index (χ2v) is 5.79. The van der Waals surface area contributed by atoms with Crippen LogP contribution in [0, 0.1) is 0 Å². The van der Waals surface area contributed by atoms with Gasteiger partial charge in [-0.05, 0) is 48.3 Å². The first-order valence-electron chi connectivity index (χ1n) is 5.76.